The van der Waals surface area contributed by atoms with Crippen molar-refractivity contribution in [2.24, 2.45) is 11.8 Å². The van der Waals surface area contributed by atoms with Crippen LogP contribution in [0.25, 0.3) is 5.69 Å². The summed E-state index contributed by atoms with van der Waals surface area (Å²) in [7, 11) is 0. The van der Waals surface area contributed by atoms with Crippen molar-refractivity contribution in [3.8, 4) is 5.69 Å². The number of carbonyl (C=O) groups excluding carboxylic acids is 1. The van der Waals surface area contributed by atoms with E-state index in [1.165, 1.54) is 32.1 Å². The molecule has 3 nitrogen and oxygen atoms in total. The van der Waals surface area contributed by atoms with Gasteiger partial charge in [0.05, 0.1) is 0 Å². The maximum absolute atomic E-state index is 12.9. The van der Waals surface area contributed by atoms with Crippen molar-refractivity contribution in [2.75, 3.05) is 13.1 Å². The largest absolute Gasteiger partial charge is 0.338 e. The molecule has 3 heteroatoms. The predicted octanol–water partition coefficient (Wildman–Crippen LogP) is 4.13. The molecule has 2 fully saturated rings. The van der Waals surface area contributed by atoms with Gasteiger partial charge in [0.1, 0.15) is 0 Å². The molecular weight excluding hydrogens is 284 g/mol. The average Bonchev–Trinajstić information content (AvgIpc) is 3.15. The number of likely N-dealkylation sites (tertiary alicyclic amines) is 1. The highest BCUT2D eigenvalue weighted by atomic mass is 16.2. The van der Waals surface area contributed by atoms with Crippen LogP contribution in [0, 0.1) is 11.8 Å². The highest BCUT2D eigenvalue weighted by Gasteiger charge is 2.33. The Bertz CT molecular complexity index is 677. The van der Waals surface area contributed by atoms with Gasteiger partial charge in [-0.1, -0.05) is 25.3 Å². The molecule has 0 unspecified atom stereocenters. The van der Waals surface area contributed by atoms with Gasteiger partial charge >= 0.3 is 0 Å². The number of amides is 1. The molecule has 0 N–H and O–H groups in total. The van der Waals surface area contributed by atoms with Crippen molar-refractivity contribution in [3.05, 3.63) is 54.4 Å². The van der Waals surface area contributed by atoms with Crippen LogP contribution in [-0.4, -0.2) is 28.5 Å². The van der Waals surface area contributed by atoms with E-state index < -0.39 is 0 Å². The summed E-state index contributed by atoms with van der Waals surface area (Å²) < 4.78 is 2.05. The molecule has 0 radical (unpaired) electrons. The van der Waals surface area contributed by atoms with Crippen molar-refractivity contribution in [1.82, 2.24) is 9.47 Å². The third kappa shape index (κ3) is 2.92. The van der Waals surface area contributed by atoms with Gasteiger partial charge in [-0.25, -0.2) is 0 Å². The van der Waals surface area contributed by atoms with Crippen LogP contribution in [0.3, 0.4) is 0 Å². The van der Waals surface area contributed by atoms with Gasteiger partial charge < -0.3 is 9.47 Å². The molecule has 23 heavy (non-hydrogen) atoms. The Hall–Kier alpha value is -2.03. The number of hydrogen-bond donors (Lipinski definition) is 0. The molecule has 1 amide bonds. The SMILES string of the molecule is O=C(c1cccc(-n2cccc2)c1)N1CC[C@H]2CCCC[C@@H]2C1. The number of nitrogens with zero attached hydrogens (tertiary/aromatic N) is 2. The first-order valence-corrected chi connectivity index (χ1v) is 8.84. The van der Waals surface area contributed by atoms with Gasteiger partial charge in [0, 0.05) is 36.7 Å². The summed E-state index contributed by atoms with van der Waals surface area (Å²) in [6.07, 6.45) is 10.6. The second-order valence-corrected chi connectivity index (χ2v) is 6.99. The zero-order valence-corrected chi connectivity index (χ0v) is 13.5. The number of fused-ring (bicyclic) bond motifs is 1. The van der Waals surface area contributed by atoms with Crippen molar-refractivity contribution >= 4 is 5.91 Å². The molecule has 4 rings (SSSR count). The number of carbonyl (C=O) groups is 1. The molecule has 1 saturated heterocycles. The van der Waals surface area contributed by atoms with Crippen LogP contribution >= 0.6 is 0 Å². The summed E-state index contributed by atoms with van der Waals surface area (Å²) in [6, 6.07) is 12.0. The monoisotopic (exact) mass is 308 g/mol. The van der Waals surface area contributed by atoms with E-state index in [4.69, 9.17) is 0 Å². The summed E-state index contributed by atoms with van der Waals surface area (Å²) in [5.74, 6) is 1.79. The smallest absolute Gasteiger partial charge is 0.253 e. The van der Waals surface area contributed by atoms with Crippen LogP contribution in [0.15, 0.2) is 48.8 Å². The molecular formula is C20H24N2O. The summed E-state index contributed by atoms with van der Waals surface area (Å²) >= 11 is 0. The average molecular weight is 308 g/mol. The quantitative estimate of drug-likeness (QED) is 0.819. The molecule has 1 saturated carbocycles. The first-order valence-electron chi connectivity index (χ1n) is 8.84. The predicted molar refractivity (Wildman–Crippen MR) is 91.7 cm³/mol. The van der Waals surface area contributed by atoms with Gasteiger partial charge in [-0.15, -0.1) is 0 Å². The second-order valence-electron chi connectivity index (χ2n) is 6.99. The fourth-order valence-corrected chi connectivity index (χ4v) is 4.27. The van der Waals surface area contributed by atoms with Gasteiger partial charge in [-0.05, 0) is 55.0 Å². The Labute approximate surface area is 137 Å². The third-order valence-electron chi connectivity index (χ3n) is 5.57. The van der Waals surface area contributed by atoms with E-state index in [1.807, 2.05) is 53.4 Å². The number of aromatic nitrogens is 1. The summed E-state index contributed by atoms with van der Waals surface area (Å²) in [5, 5.41) is 0. The molecule has 2 heterocycles. The zero-order valence-electron chi connectivity index (χ0n) is 13.5. The van der Waals surface area contributed by atoms with Crippen LogP contribution in [0.2, 0.25) is 0 Å². The standard InChI is InChI=1S/C20H24N2O/c23-20(22-13-10-16-6-1-2-7-18(16)15-22)17-8-5-9-19(14-17)21-11-3-4-12-21/h3-5,8-9,11-12,14,16,18H,1-2,6-7,10,13,15H2/t16-,18-/m1/s1. The van der Waals surface area contributed by atoms with E-state index in [0.717, 1.165) is 36.2 Å². The minimum atomic E-state index is 0.197. The second kappa shape index (κ2) is 6.23. The van der Waals surface area contributed by atoms with E-state index in [2.05, 4.69) is 4.90 Å². The molecule has 1 aromatic carbocycles. The molecule has 0 spiro atoms. The topological polar surface area (TPSA) is 25.2 Å². The lowest BCUT2D eigenvalue weighted by Crippen LogP contribution is -2.44. The lowest BCUT2D eigenvalue weighted by Gasteiger charge is -2.41. The van der Waals surface area contributed by atoms with E-state index in [1.54, 1.807) is 0 Å². The first kappa shape index (κ1) is 14.6. The van der Waals surface area contributed by atoms with Crippen molar-refractivity contribution in [2.45, 2.75) is 32.1 Å². The molecule has 0 bridgehead atoms. The zero-order chi connectivity index (χ0) is 15.6. The van der Waals surface area contributed by atoms with Crippen LogP contribution in [0.1, 0.15) is 42.5 Å². The molecule has 2 aliphatic rings. The molecule has 120 valence electrons. The third-order valence-corrected chi connectivity index (χ3v) is 5.57. The summed E-state index contributed by atoms with van der Waals surface area (Å²) in [4.78, 5) is 15.0. The maximum atomic E-state index is 12.9. The minimum absolute atomic E-state index is 0.197. The summed E-state index contributed by atoms with van der Waals surface area (Å²) in [5.41, 5.74) is 1.86. The fourth-order valence-electron chi connectivity index (χ4n) is 4.27. The van der Waals surface area contributed by atoms with E-state index in [0.29, 0.717) is 0 Å². The maximum Gasteiger partial charge on any atom is 0.253 e. The Morgan fingerprint density at radius 3 is 2.57 bits per heavy atom. The Balaban J connectivity index is 1.52. The highest BCUT2D eigenvalue weighted by Crippen LogP contribution is 2.36. The Kier molecular flexibility index (Phi) is 3.94. The minimum Gasteiger partial charge on any atom is -0.338 e. The number of hydrogen-bond acceptors (Lipinski definition) is 1. The first-order chi connectivity index (χ1) is 11.3. The molecule has 2 aromatic rings. The van der Waals surface area contributed by atoms with E-state index in [9.17, 15) is 4.79 Å². The molecule has 1 aromatic heterocycles. The lowest BCUT2D eigenvalue weighted by atomic mass is 9.75. The van der Waals surface area contributed by atoms with Crippen LogP contribution < -0.4 is 0 Å². The number of benzene rings is 1. The molecule has 2 atom stereocenters. The van der Waals surface area contributed by atoms with Crippen molar-refractivity contribution in [3.63, 3.8) is 0 Å². The van der Waals surface area contributed by atoms with E-state index in [-0.39, 0.29) is 5.91 Å². The number of piperidine rings is 1. The normalized spacial score (nSPS) is 24.3. The lowest BCUT2D eigenvalue weighted by molar-refractivity contribution is 0.0521. The molecule has 1 aliphatic carbocycles. The van der Waals surface area contributed by atoms with Gasteiger partial charge in [0.2, 0.25) is 0 Å². The van der Waals surface area contributed by atoms with Crippen molar-refractivity contribution in [1.29, 1.82) is 0 Å². The Morgan fingerprint density at radius 2 is 1.74 bits per heavy atom. The van der Waals surface area contributed by atoms with Crippen LogP contribution in [0.5, 0.6) is 0 Å². The van der Waals surface area contributed by atoms with Gasteiger partial charge in [-0.2, -0.15) is 0 Å². The van der Waals surface area contributed by atoms with Crippen molar-refractivity contribution < 1.29 is 4.79 Å². The van der Waals surface area contributed by atoms with Crippen LogP contribution in [0.4, 0.5) is 0 Å². The van der Waals surface area contributed by atoms with Gasteiger partial charge in [0.15, 0.2) is 0 Å². The fraction of sp³-hybridized carbons (Fsp3) is 0.450. The van der Waals surface area contributed by atoms with Gasteiger partial charge in [-0.3, -0.25) is 4.79 Å². The molecule has 1 aliphatic heterocycles. The Morgan fingerprint density at radius 1 is 0.957 bits per heavy atom. The highest BCUT2D eigenvalue weighted by molar-refractivity contribution is 5.94. The summed E-state index contributed by atoms with van der Waals surface area (Å²) in [6.45, 7) is 1.88. The number of rotatable bonds is 2. The van der Waals surface area contributed by atoms with Gasteiger partial charge in [0.25, 0.3) is 5.91 Å². The van der Waals surface area contributed by atoms with Crippen LogP contribution in [-0.2, 0) is 0 Å². The van der Waals surface area contributed by atoms with E-state index >= 15 is 0 Å².